The maximum absolute atomic E-state index is 13.7. The van der Waals surface area contributed by atoms with Crippen LogP contribution in [0.15, 0.2) is 42.0 Å². The summed E-state index contributed by atoms with van der Waals surface area (Å²) in [4.78, 5) is 23.9. The summed E-state index contributed by atoms with van der Waals surface area (Å²) >= 11 is 0. The molecule has 120 valence electrons. The van der Waals surface area contributed by atoms with Gasteiger partial charge in [-0.3, -0.25) is 9.59 Å². The highest BCUT2D eigenvalue weighted by molar-refractivity contribution is 6.14. The Morgan fingerprint density at radius 1 is 1.08 bits per heavy atom. The van der Waals surface area contributed by atoms with Crippen LogP contribution in [0.1, 0.15) is 15.9 Å². The van der Waals surface area contributed by atoms with Crippen molar-refractivity contribution in [2.75, 3.05) is 18.5 Å². The predicted molar refractivity (Wildman–Crippen MR) is 84.8 cm³/mol. The zero-order chi connectivity index (χ0) is 16.7. The van der Waals surface area contributed by atoms with Crippen LogP contribution in [0.3, 0.4) is 0 Å². The molecule has 0 atom stereocenters. The zero-order valence-corrected chi connectivity index (χ0v) is 12.5. The number of ether oxygens (including phenoxy) is 2. The van der Waals surface area contributed by atoms with Gasteiger partial charge in [-0.25, -0.2) is 4.39 Å². The van der Waals surface area contributed by atoms with E-state index in [2.05, 4.69) is 5.32 Å². The monoisotopic (exact) mass is 325 g/mol. The molecule has 0 saturated carbocycles. The molecule has 2 aliphatic heterocycles. The van der Waals surface area contributed by atoms with Crippen molar-refractivity contribution in [3.05, 3.63) is 58.9 Å². The largest absolute Gasteiger partial charge is 0.485 e. The minimum atomic E-state index is -0.548. The van der Waals surface area contributed by atoms with Gasteiger partial charge in [-0.15, -0.1) is 0 Å². The van der Waals surface area contributed by atoms with Gasteiger partial charge in [-0.2, -0.15) is 0 Å². The standard InChI is InChI=1S/C18H12FNO4/c19-13-3-1-2-12-17(22)11(8-24-18(12)13)6-10-4-5-15-14(7-10)20-16(21)9-23-15/h1-7H,8-9H2,(H,20,21). The molecular weight excluding hydrogens is 313 g/mol. The number of carbonyl (C=O) groups excluding carboxylic acids is 2. The van der Waals surface area contributed by atoms with Gasteiger partial charge in [0.2, 0.25) is 0 Å². The summed E-state index contributed by atoms with van der Waals surface area (Å²) in [5, 5.41) is 2.71. The first kappa shape index (κ1) is 14.4. The maximum Gasteiger partial charge on any atom is 0.262 e. The summed E-state index contributed by atoms with van der Waals surface area (Å²) < 4.78 is 24.3. The molecule has 1 N–H and O–H groups in total. The van der Waals surface area contributed by atoms with Crippen molar-refractivity contribution in [2.45, 2.75) is 0 Å². The minimum absolute atomic E-state index is 0.00723. The van der Waals surface area contributed by atoms with Crippen molar-refractivity contribution in [1.82, 2.24) is 0 Å². The van der Waals surface area contributed by atoms with E-state index in [0.29, 0.717) is 22.6 Å². The molecule has 0 spiro atoms. The highest BCUT2D eigenvalue weighted by Gasteiger charge is 2.26. The van der Waals surface area contributed by atoms with Crippen molar-refractivity contribution >= 4 is 23.5 Å². The first-order valence-corrected chi connectivity index (χ1v) is 7.35. The van der Waals surface area contributed by atoms with E-state index >= 15 is 0 Å². The summed E-state index contributed by atoms with van der Waals surface area (Å²) in [6.45, 7) is -0.0190. The SMILES string of the molecule is O=C1COc2ccc(C=C3COc4c(F)cccc4C3=O)cc2N1. The molecule has 4 rings (SSSR count). The lowest BCUT2D eigenvalue weighted by Gasteiger charge is -2.20. The van der Waals surface area contributed by atoms with E-state index in [1.807, 2.05) is 0 Å². The second-order valence-corrected chi connectivity index (χ2v) is 5.50. The Kier molecular flexibility index (Phi) is 3.30. The first-order valence-electron chi connectivity index (χ1n) is 7.35. The Morgan fingerprint density at radius 3 is 2.83 bits per heavy atom. The van der Waals surface area contributed by atoms with Gasteiger partial charge in [0.15, 0.2) is 24.0 Å². The summed E-state index contributed by atoms with van der Waals surface area (Å²) in [5.74, 6) is -0.475. The van der Waals surface area contributed by atoms with E-state index in [-0.39, 0.29) is 36.2 Å². The van der Waals surface area contributed by atoms with Gasteiger partial charge in [0.1, 0.15) is 12.4 Å². The van der Waals surface area contributed by atoms with Gasteiger partial charge in [0.05, 0.1) is 11.3 Å². The van der Waals surface area contributed by atoms with Crippen LogP contribution >= 0.6 is 0 Å². The van der Waals surface area contributed by atoms with E-state index in [1.54, 1.807) is 24.3 Å². The molecule has 24 heavy (non-hydrogen) atoms. The van der Waals surface area contributed by atoms with Gasteiger partial charge < -0.3 is 14.8 Å². The molecule has 0 fully saturated rings. The Labute approximate surface area is 136 Å². The zero-order valence-electron chi connectivity index (χ0n) is 12.5. The number of Topliss-reactive ketones (excluding diaryl/α,β-unsaturated/α-hetero) is 1. The van der Waals surface area contributed by atoms with Gasteiger partial charge in [0.25, 0.3) is 5.91 Å². The van der Waals surface area contributed by atoms with Crippen LogP contribution in [0, 0.1) is 5.82 Å². The van der Waals surface area contributed by atoms with Crippen LogP contribution in [0.25, 0.3) is 6.08 Å². The highest BCUT2D eigenvalue weighted by Crippen LogP contribution is 2.32. The van der Waals surface area contributed by atoms with Crippen LogP contribution in [-0.4, -0.2) is 24.9 Å². The minimum Gasteiger partial charge on any atom is -0.485 e. The number of anilines is 1. The van der Waals surface area contributed by atoms with E-state index in [0.717, 1.165) is 0 Å². The first-order chi connectivity index (χ1) is 11.6. The number of amides is 1. The number of benzene rings is 2. The van der Waals surface area contributed by atoms with Gasteiger partial charge in [-0.05, 0) is 35.9 Å². The fourth-order valence-corrected chi connectivity index (χ4v) is 2.72. The lowest BCUT2D eigenvalue weighted by atomic mass is 9.98. The molecule has 0 unspecified atom stereocenters. The number of para-hydroxylation sites is 1. The number of rotatable bonds is 1. The number of nitrogens with one attached hydrogen (secondary N) is 1. The number of ketones is 1. The molecule has 0 bridgehead atoms. The smallest absolute Gasteiger partial charge is 0.262 e. The predicted octanol–water partition coefficient (Wildman–Crippen LogP) is 2.82. The number of hydrogen-bond acceptors (Lipinski definition) is 4. The van der Waals surface area contributed by atoms with Crippen LogP contribution < -0.4 is 14.8 Å². The average molecular weight is 325 g/mol. The van der Waals surface area contributed by atoms with E-state index in [9.17, 15) is 14.0 Å². The molecule has 5 nitrogen and oxygen atoms in total. The van der Waals surface area contributed by atoms with E-state index in [1.165, 1.54) is 18.2 Å². The van der Waals surface area contributed by atoms with Gasteiger partial charge in [0, 0.05) is 5.57 Å². The molecule has 1 amide bonds. The van der Waals surface area contributed by atoms with Crippen LogP contribution in [0.2, 0.25) is 0 Å². The Morgan fingerprint density at radius 2 is 1.96 bits per heavy atom. The summed E-state index contributed by atoms with van der Waals surface area (Å²) in [5.41, 5.74) is 1.89. The highest BCUT2D eigenvalue weighted by atomic mass is 19.1. The molecule has 0 radical (unpaired) electrons. The average Bonchev–Trinajstić information content (AvgIpc) is 2.57. The maximum atomic E-state index is 13.7. The van der Waals surface area contributed by atoms with Crippen LogP contribution in [-0.2, 0) is 4.79 Å². The third kappa shape index (κ3) is 2.42. The molecular formula is C18H12FNO4. The lowest BCUT2D eigenvalue weighted by Crippen LogP contribution is -2.25. The second kappa shape index (κ2) is 5.49. The number of fused-ring (bicyclic) bond motifs is 2. The molecule has 0 aromatic heterocycles. The Bertz CT molecular complexity index is 904. The molecule has 2 heterocycles. The molecule has 0 saturated heterocycles. The fourth-order valence-electron chi connectivity index (χ4n) is 2.72. The molecule has 2 aliphatic rings. The normalized spacial score (nSPS) is 17.5. The van der Waals surface area contributed by atoms with Crippen LogP contribution in [0.5, 0.6) is 11.5 Å². The Balaban J connectivity index is 1.68. The number of carbonyl (C=O) groups is 2. The number of hydrogen-bond donors (Lipinski definition) is 1. The van der Waals surface area contributed by atoms with Crippen molar-refractivity contribution in [2.24, 2.45) is 0 Å². The lowest BCUT2D eigenvalue weighted by molar-refractivity contribution is -0.118. The summed E-state index contributed by atoms with van der Waals surface area (Å²) in [7, 11) is 0. The third-order valence-electron chi connectivity index (χ3n) is 3.85. The van der Waals surface area contributed by atoms with Crippen molar-refractivity contribution in [1.29, 1.82) is 0 Å². The molecule has 0 aliphatic carbocycles. The van der Waals surface area contributed by atoms with Crippen LogP contribution in [0.4, 0.5) is 10.1 Å². The van der Waals surface area contributed by atoms with Gasteiger partial charge in [-0.1, -0.05) is 12.1 Å². The van der Waals surface area contributed by atoms with Crippen molar-refractivity contribution in [3.63, 3.8) is 0 Å². The van der Waals surface area contributed by atoms with E-state index < -0.39 is 5.82 Å². The quantitative estimate of drug-likeness (QED) is 0.819. The second-order valence-electron chi connectivity index (χ2n) is 5.50. The van der Waals surface area contributed by atoms with E-state index in [4.69, 9.17) is 9.47 Å². The van der Waals surface area contributed by atoms with Gasteiger partial charge >= 0.3 is 0 Å². The summed E-state index contributed by atoms with van der Waals surface area (Å²) in [6.07, 6.45) is 1.66. The Hall–Kier alpha value is -3.15. The molecule has 2 aromatic carbocycles. The topological polar surface area (TPSA) is 64.6 Å². The van der Waals surface area contributed by atoms with Crippen molar-refractivity contribution in [3.8, 4) is 11.5 Å². The third-order valence-corrected chi connectivity index (χ3v) is 3.85. The fraction of sp³-hybridized carbons (Fsp3) is 0.111. The summed E-state index contributed by atoms with van der Waals surface area (Å²) in [6, 6.07) is 9.49. The molecule has 6 heteroatoms. The number of halogens is 1. The van der Waals surface area contributed by atoms with Crippen molar-refractivity contribution < 1.29 is 23.5 Å². The molecule has 2 aromatic rings.